The lowest BCUT2D eigenvalue weighted by Gasteiger charge is -2.41. The Morgan fingerprint density at radius 2 is 2.21 bits per heavy atom. The minimum atomic E-state index is 0.0107. The van der Waals surface area contributed by atoms with E-state index in [4.69, 9.17) is 9.72 Å². The Labute approximate surface area is 120 Å². The normalized spacial score (nSPS) is 28.0. The van der Waals surface area contributed by atoms with Crippen LogP contribution < -0.4 is 5.32 Å². The van der Waals surface area contributed by atoms with Gasteiger partial charge >= 0.3 is 0 Å². The first-order valence-corrected chi connectivity index (χ1v) is 8.12. The zero-order valence-electron chi connectivity index (χ0n) is 12.7. The number of thiazole rings is 1. The SMILES string of the molecule is CCC1CC(NC(C)C)(c2nc(C)c(C)s2)CCO1. The third-order valence-corrected chi connectivity index (χ3v) is 5.19. The maximum Gasteiger partial charge on any atom is 0.113 e. The summed E-state index contributed by atoms with van der Waals surface area (Å²) >= 11 is 1.85. The monoisotopic (exact) mass is 282 g/mol. The molecule has 0 aromatic carbocycles. The lowest BCUT2D eigenvalue weighted by molar-refractivity contribution is -0.0346. The number of ether oxygens (including phenoxy) is 1. The van der Waals surface area contributed by atoms with E-state index < -0.39 is 0 Å². The fourth-order valence-electron chi connectivity index (χ4n) is 2.83. The van der Waals surface area contributed by atoms with Crippen molar-refractivity contribution in [1.82, 2.24) is 10.3 Å². The van der Waals surface area contributed by atoms with Gasteiger partial charge in [-0.3, -0.25) is 0 Å². The Balaban J connectivity index is 2.33. The molecular weight excluding hydrogens is 256 g/mol. The average molecular weight is 282 g/mol. The van der Waals surface area contributed by atoms with Gasteiger partial charge in [-0.2, -0.15) is 0 Å². The lowest BCUT2D eigenvalue weighted by Crippen LogP contribution is -2.51. The van der Waals surface area contributed by atoms with Crippen LogP contribution >= 0.6 is 11.3 Å². The van der Waals surface area contributed by atoms with E-state index >= 15 is 0 Å². The maximum absolute atomic E-state index is 5.86. The fraction of sp³-hybridized carbons (Fsp3) is 0.800. The van der Waals surface area contributed by atoms with Crippen LogP contribution in [0.4, 0.5) is 0 Å². The number of hydrogen-bond donors (Lipinski definition) is 1. The highest BCUT2D eigenvalue weighted by molar-refractivity contribution is 7.11. The number of hydrogen-bond acceptors (Lipinski definition) is 4. The first kappa shape index (κ1) is 14.9. The Bertz CT molecular complexity index is 410. The Hall–Kier alpha value is -0.450. The van der Waals surface area contributed by atoms with E-state index in [1.165, 1.54) is 15.6 Å². The molecule has 0 spiro atoms. The van der Waals surface area contributed by atoms with Crippen LogP contribution in [0.2, 0.25) is 0 Å². The standard InChI is InChI=1S/C15H26N2OS/c1-6-13-9-15(7-8-18-13,17-10(2)3)14-16-11(4)12(5)19-14/h10,13,17H,6-9H2,1-5H3. The van der Waals surface area contributed by atoms with E-state index in [-0.39, 0.29) is 5.54 Å². The van der Waals surface area contributed by atoms with E-state index in [1.54, 1.807) is 0 Å². The first-order valence-electron chi connectivity index (χ1n) is 7.30. The molecule has 0 radical (unpaired) electrons. The summed E-state index contributed by atoms with van der Waals surface area (Å²) in [6.45, 7) is 11.7. The van der Waals surface area contributed by atoms with Gasteiger partial charge < -0.3 is 10.1 Å². The minimum absolute atomic E-state index is 0.0107. The van der Waals surface area contributed by atoms with Crippen LogP contribution in [-0.2, 0) is 10.3 Å². The average Bonchev–Trinajstić information content (AvgIpc) is 2.69. The van der Waals surface area contributed by atoms with Gasteiger partial charge in [0.2, 0.25) is 0 Å². The molecule has 1 N–H and O–H groups in total. The molecule has 1 aromatic heterocycles. The summed E-state index contributed by atoms with van der Waals surface area (Å²) in [4.78, 5) is 6.16. The highest BCUT2D eigenvalue weighted by atomic mass is 32.1. The fourth-order valence-corrected chi connectivity index (χ4v) is 3.93. The van der Waals surface area contributed by atoms with Crippen LogP contribution in [-0.4, -0.2) is 23.7 Å². The molecule has 2 heterocycles. The van der Waals surface area contributed by atoms with Crippen LogP contribution in [0.1, 0.15) is 55.6 Å². The van der Waals surface area contributed by atoms with Gasteiger partial charge in [-0.15, -0.1) is 11.3 Å². The molecule has 1 aliphatic rings. The van der Waals surface area contributed by atoms with E-state index in [2.05, 4.69) is 39.9 Å². The van der Waals surface area contributed by atoms with Gasteiger partial charge in [-0.1, -0.05) is 6.92 Å². The summed E-state index contributed by atoms with van der Waals surface area (Å²) in [5.41, 5.74) is 1.18. The van der Waals surface area contributed by atoms with E-state index in [1.807, 2.05) is 11.3 Å². The molecule has 3 nitrogen and oxygen atoms in total. The van der Waals surface area contributed by atoms with E-state index in [9.17, 15) is 0 Å². The molecule has 1 saturated heterocycles. The highest BCUT2D eigenvalue weighted by Crippen LogP contribution is 2.38. The number of nitrogens with one attached hydrogen (secondary N) is 1. The third-order valence-electron chi connectivity index (χ3n) is 3.92. The van der Waals surface area contributed by atoms with Crippen LogP contribution in [0, 0.1) is 13.8 Å². The number of aromatic nitrogens is 1. The summed E-state index contributed by atoms with van der Waals surface area (Å²) < 4.78 is 5.86. The molecule has 2 unspecified atom stereocenters. The summed E-state index contributed by atoms with van der Waals surface area (Å²) in [6, 6.07) is 0.458. The third kappa shape index (κ3) is 3.18. The van der Waals surface area contributed by atoms with Gasteiger partial charge in [-0.05, 0) is 47.0 Å². The van der Waals surface area contributed by atoms with Gasteiger partial charge in [0.25, 0.3) is 0 Å². The van der Waals surface area contributed by atoms with Crippen LogP contribution in [0.3, 0.4) is 0 Å². The Morgan fingerprint density at radius 3 is 2.74 bits per heavy atom. The van der Waals surface area contributed by atoms with E-state index in [0.29, 0.717) is 12.1 Å². The Kier molecular flexibility index (Phi) is 4.64. The highest BCUT2D eigenvalue weighted by Gasteiger charge is 2.40. The van der Waals surface area contributed by atoms with Crippen molar-refractivity contribution in [3.63, 3.8) is 0 Å². The molecule has 2 rings (SSSR count). The largest absolute Gasteiger partial charge is 0.378 e. The number of nitrogens with zero attached hydrogens (tertiary/aromatic N) is 1. The summed E-state index contributed by atoms with van der Waals surface area (Å²) in [6.07, 6.45) is 3.48. The van der Waals surface area contributed by atoms with Crippen molar-refractivity contribution in [3.05, 3.63) is 15.6 Å². The quantitative estimate of drug-likeness (QED) is 0.917. The zero-order valence-corrected chi connectivity index (χ0v) is 13.6. The van der Waals surface area contributed by atoms with Crippen molar-refractivity contribution in [2.24, 2.45) is 0 Å². The predicted molar refractivity (Wildman–Crippen MR) is 80.8 cm³/mol. The molecule has 4 heteroatoms. The number of rotatable bonds is 4. The van der Waals surface area contributed by atoms with Crippen LogP contribution in [0.5, 0.6) is 0 Å². The smallest absolute Gasteiger partial charge is 0.113 e. The lowest BCUT2D eigenvalue weighted by atomic mass is 9.85. The summed E-state index contributed by atoms with van der Waals surface area (Å²) in [5.74, 6) is 0. The second-order valence-electron chi connectivity index (χ2n) is 5.90. The van der Waals surface area contributed by atoms with Crippen molar-refractivity contribution < 1.29 is 4.74 Å². The molecule has 1 aliphatic heterocycles. The van der Waals surface area contributed by atoms with Crippen molar-refractivity contribution in [3.8, 4) is 0 Å². The molecule has 0 saturated carbocycles. The van der Waals surface area contributed by atoms with Crippen molar-refractivity contribution in [2.45, 2.75) is 71.6 Å². The second-order valence-corrected chi connectivity index (χ2v) is 7.10. The molecule has 1 aromatic rings. The predicted octanol–water partition coefficient (Wildman–Crippen LogP) is 3.54. The van der Waals surface area contributed by atoms with Crippen LogP contribution in [0.25, 0.3) is 0 Å². The maximum atomic E-state index is 5.86. The molecule has 0 aliphatic carbocycles. The van der Waals surface area contributed by atoms with Gasteiger partial charge in [0.15, 0.2) is 0 Å². The van der Waals surface area contributed by atoms with Crippen LogP contribution in [0.15, 0.2) is 0 Å². The van der Waals surface area contributed by atoms with Gasteiger partial charge in [-0.25, -0.2) is 4.98 Å². The van der Waals surface area contributed by atoms with Crippen molar-refractivity contribution >= 4 is 11.3 Å². The number of aryl methyl sites for hydroxylation is 2. The second kappa shape index (κ2) is 5.90. The summed E-state index contributed by atoms with van der Waals surface area (Å²) in [7, 11) is 0. The van der Waals surface area contributed by atoms with E-state index in [0.717, 1.165) is 25.9 Å². The summed E-state index contributed by atoms with van der Waals surface area (Å²) in [5, 5.41) is 5.03. The zero-order chi connectivity index (χ0) is 14.0. The molecular formula is C15H26N2OS. The Morgan fingerprint density at radius 1 is 1.47 bits per heavy atom. The van der Waals surface area contributed by atoms with Crippen molar-refractivity contribution in [2.75, 3.05) is 6.61 Å². The van der Waals surface area contributed by atoms with Gasteiger partial charge in [0.05, 0.1) is 17.3 Å². The minimum Gasteiger partial charge on any atom is -0.378 e. The molecule has 19 heavy (non-hydrogen) atoms. The molecule has 0 amide bonds. The molecule has 1 fully saturated rings. The molecule has 2 atom stereocenters. The molecule has 108 valence electrons. The molecule has 0 bridgehead atoms. The van der Waals surface area contributed by atoms with Gasteiger partial charge in [0, 0.05) is 17.5 Å². The van der Waals surface area contributed by atoms with Crippen molar-refractivity contribution in [1.29, 1.82) is 0 Å². The van der Waals surface area contributed by atoms with Gasteiger partial charge in [0.1, 0.15) is 5.01 Å². The topological polar surface area (TPSA) is 34.2 Å². The first-order chi connectivity index (χ1) is 8.97.